The molecule has 0 amide bonds. The number of nitrogens with one attached hydrogen (secondary N) is 1. The van der Waals surface area contributed by atoms with E-state index in [0.29, 0.717) is 16.9 Å². The van der Waals surface area contributed by atoms with Crippen LogP contribution in [0.5, 0.6) is 0 Å². The smallest absolute Gasteiger partial charge is 0.0102 e. The van der Waals surface area contributed by atoms with Crippen molar-refractivity contribution in [3.63, 3.8) is 0 Å². The number of fused-ring (bicyclic) bond motifs is 6. The van der Waals surface area contributed by atoms with Crippen LogP contribution in [0.2, 0.25) is 0 Å². The lowest BCUT2D eigenvalue weighted by Crippen LogP contribution is -2.51. The van der Waals surface area contributed by atoms with Gasteiger partial charge in [0.2, 0.25) is 0 Å². The Morgan fingerprint density at radius 1 is 0.871 bits per heavy atom. The number of allylic oxidation sites excluding steroid dienone is 1. The zero-order chi connectivity index (χ0) is 21.2. The van der Waals surface area contributed by atoms with Crippen molar-refractivity contribution in [3.8, 4) is 0 Å². The molecule has 6 rings (SSSR count). The highest BCUT2D eigenvalue weighted by molar-refractivity contribution is 5.83. The molecule has 2 aromatic carbocycles. The first-order chi connectivity index (χ1) is 15.0. The monoisotopic (exact) mass is 413 g/mol. The Labute approximate surface area is 188 Å². The molecule has 0 saturated heterocycles. The zero-order valence-electron chi connectivity index (χ0n) is 19.7. The fraction of sp³-hybridized carbons (Fsp3) is 0.600. The third-order valence-corrected chi connectivity index (χ3v) is 10.7. The van der Waals surface area contributed by atoms with Crippen molar-refractivity contribution >= 4 is 10.8 Å². The predicted octanol–water partition coefficient (Wildman–Crippen LogP) is 7.47. The topological polar surface area (TPSA) is 12.0 Å². The van der Waals surface area contributed by atoms with Crippen LogP contribution in [0, 0.1) is 28.6 Å². The summed E-state index contributed by atoms with van der Waals surface area (Å²) in [6, 6.07) is 16.9. The molecule has 0 aromatic heterocycles. The molecule has 0 unspecified atom stereocenters. The average molecular weight is 414 g/mol. The van der Waals surface area contributed by atoms with Crippen LogP contribution >= 0.6 is 0 Å². The van der Waals surface area contributed by atoms with Gasteiger partial charge in [-0.15, -0.1) is 0 Å². The van der Waals surface area contributed by atoms with E-state index in [2.05, 4.69) is 74.8 Å². The Bertz CT molecular complexity index is 1020. The first-order valence-electron chi connectivity index (χ1n) is 12.9. The highest BCUT2D eigenvalue weighted by Gasteiger charge is 2.58. The second kappa shape index (κ2) is 7.20. The van der Waals surface area contributed by atoms with Crippen molar-refractivity contribution in [2.45, 2.75) is 77.2 Å². The largest absolute Gasteiger partial charge is 0.317 e. The van der Waals surface area contributed by atoms with E-state index in [-0.39, 0.29) is 0 Å². The van der Waals surface area contributed by atoms with Gasteiger partial charge in [0.25, 0.3) is 0 Å². The maximum Gasteiger partial charge on any atom is 0.0102 e. The van der Waals surface area contributed by atoms with Crippen LogP contribution in [0.4, 0.5) is 0 Å². The number of hydrogen-bond acceptors (Lipinski definition) is 1. The molecule has 7 atom stereocenters. The fourth-order valence-electron chi connectivity index (χ4n) is 8.88. The minimum absolute atomic E-state index is 0.471. The van der Waals surface area contributed by atoms with Gasteiger partial charge in [-0.2, -0.15) is 0 Å². The van der Waals surface area contributed by atoms with Crippen molar-refractivity contribution < 1.29 is 0 Å². The number of hydrogen-bond donors (Lipinski definition) is 1. The van der Waals surface area contributed by atoms with Crippen LogP contribution in [-0.4, -0.2) is 13.1 Å². The van der Waals surface area contributed by atoms with Crippen LogP contribution < -0.4 is 5.32 Å². The van der Waals surface area contributed by atoms with E-state index in [1.165, 1.54) is 62.1 Å². The van der Waals surface area contributed by atoms with Gasteiger partial charge in [0.05, 0.1) is 0 Å². The summed E-state index contributed by atoms with van der Waals surface area (Å²) in [6.45, 7) is 5.31. The summed E-state index contributed by atoms with van der Waals surface area (Å²) in [5.41, 5.74) is 4.36. The van der Waals surface area contributed by atoms with Gasteiger partial charge in [-0.25, -0.2) is 0 Å². The molecule has 0 bridgehead atoms. The Morgan fingerprint density at radius 2 is 1.71 bits per heavy atom. The van der Waals surface area contributed by atoms with Crippen LogP contribution in [0.15, 0.2) is 54.1 Å². The molecule has 0 radical (unpaired) electrons. The molecule has 2 aromatic rings. The first kappa shape index (κ1) is 20.0. The van der Waals surface area contributed by atoms with E-state index in [0.717, 1.165) is 23.7 Å². The molecule has 1 heteroatoms. The van der Waals surface area contributed by atoms with Gasteiger partial charge in [-0.05, 0) is 109 Å². The summed E-state index contributed by atoms with van der Waals surface area (Å²) in [7, 11) is 2.15. The molecular weight excluding hydrogens is 374 g/mol. The predicted molar refractivity (Wildman–Crippen MR) is 131 cm³/mol. The van der Waals surface area contributed by atoms with Crippen LogP contribution in [-0.2, 0) is 0 Å². The van der Waals surface area contributed by atoms with Gasteiger partial charge in [0.1, 0.15) is 0 Å². The molecule has 1 nitrogen and oxygen atoms in total. The fourth-order valence-corrected chi connectivity index (χ4v) is 8.88. The van der Waals surface area contributed by atoms with Crippen LogP contribution in [0.25, 0.3) is 10.8 Å². The molecule has 3 saturated carbocycles. The molecule has 0 spiro atoms. The van der Waals surface area contributed by atoms with E-state index in [1.54, 1.807) is 11.1 Å². The van der Waals surface area contributed by atoms with Gasteiger partial charge in [0.15, 0.2) is 0 Å². The summed E-state index contributed by atoms with van der Waals surface area (Å²) in [5.74, 6) is 3.46. The molecular formula is C30H39N. The SMILES string of the molecule is CN[C@H]1CC[C@@]2(C)C(=CC[C@H]3[C@@H]4CC[C@H](c5ccc6ccccc6c5)[C@@]4(C)CC[C@@H]32)C1. The normalized spacial score (nSPS) is 41.9. The molecule has 4 aliphatic carbocycles. The van der Waals surface area contributed by atoms with Crippen molar-refractivity contribution in [3.05, 3.63) is 59.7 Å². The Kier molecular flexibility index (Phi) is 4.66. The minimum Gasteiger partial charge on any atom is -0.317 e. The molecule has 164 valence electrons. The van der Waals surface area contributed by atoms with Crippen molar-refractivity contribution in [1.29, 1.82) is 0 Å². The summed E-state index contributed by atoms with van der Waals surface area (Å²) >= 11 is 0. The van der Waals surface area contributed by atoms with Gasteiger partial charge in [-0.3, -0.25) is 0 Å². The average Bonchev–Trinajstić information content (AvgIpc) is 3.15. The maximum absolute atomic E-state index is 3.56. The molecule has 4 aliphatic rings. The molecule has 31 heavy (non-hydrogen) atoms. The maximum atomic E-state index is 3.56. The van der Waals surface area contributed by atoms with Crippen molar-refractivity contribution in [2.75, 3.05) is 7.05 Å². The first-order valence-corrected chi connectivity index (χ1v) is 12.9. The molecule has 1 N–H and O–H groups in total. The van der Waals surface area contributed by atoms with Crippen molar-refractivity contribution in [1.82, 2.24) is 5.32 Å². The number of rotatable bonds is 2. The van der Waals surface area contributed by atoms with Crippen molar-refractivity contribution in [2.24, 2.45) is 28.6 Å². The van der Waals surface area contributed by atoms with Gasteiger partial charge in [-0.1, -0.05) is 68.0 Å². The van der Waals surface area contributed by atoms with E-state index in [9.17, 15) is 0 Å². The minimum atomic E-state index is 0.471. The van der Waals surface area contributed by atoms with E-state index in [4.69, 9.17) is 0 Å². The lowest BCUT2D eigenvalue weighted by Gasteiger charge is -2.58. The van der Waals surface area contributed by atoms with Gasteiger partial charge >= 0.3 is 0 Å². The Morgan fingerprint density at radius 3 is 2.55 bits per heavy atom. The lowest BCUT2D eigenvalue weighted by molar-refractivity contribution is -0.0325. The Hall–Kier alpha value is -1.60. The van der Waals surface area contributed by atoms with E-state index in [1.807, 2.05) is 0 Å². The summed E-state index contributed by atoms with van der Waals surface area (Å²) in [4.78, 5) is 0. The molecule has 3 fully saturated rings. The van der Waals surface area contributed by atoms with E-state index >= 15 is 0 Å². The third-order valence-electron chi connectivity index (χ3n) is 10.7. The zero-order valence-corrected chi connectivity index (χ0v) is 19.7. The summed E-state index contributed by atoms with van der Waals surface area (Å²) in [5, 5.41) is 6.36. The quantitative estimate of drug-likeness (QED) is 0.503. The second-order valence-electron chi connectivity index (χ2n) is 11.8. The van der Waals surface area contributed by atoms with Gasteiger partial charge < -0.3 is 5.32 Å². The lowest BCUT2D eigenvalue weighted by atomic mass is 9.47. The highest BCUT2D eigenvalue weighted by atomic mass is 14.9. The summed E-state index contributed by atoms with van der Waals surface area (Å²) < 4.78 is 0. The summed E-state index contributed by atoms with van der Waals surface area (Å²) in [6.07, 6.45) is 13.8. The Balaban J connectivity index is 1.31. The highest BCUT2D eigenvalue weighted by Crippen LogP contribution is 2.68. The molecule has 0 aliphatic heterocycles. The molecule has 0 heterocycles. The van der Waals surface area contributed by atoms with Crippen LogP contribution in [0.1, 0.15) is 76.7 Å². The van der Waals surface area contributed by atoms with Crippen LogP contribution in [0.3, 0.4) is 0 Å². The third kappa shape index (κ3) is 2.92. The van der Waals surface area contributed by atoms with E-state index < -0.39 is 0 Å². The second-order valence-corrected chi connectivity index (χ2v) is 11.8. The van der Waals surface area contributed by atoms with Gasteiger partial charge in [0, 0.05) is 6.04 Å². The standard InChI is InChI=1S/C30H39N/c1-29-16-14-24(31-3)19-23(29)10-11-25-27-13-12-26(30(27,2)17-15-28(25)29)22-9-8-20-6-4-5-7-21(20)18-22/h4-10,18,24-28,31H,11-17,19H2,1-3H3/t24-,25-,26+,27-,28-,29-,30+/m0/s1. The number of benzene rings is 2.